The van der Waals surface area contributed by atoms with Gasteiger partial charge in [-0.3, -0.25) is 10.5 Å². The zero-order chi connectivity index (χ0) is 9.94. The number of carbonyl (C=O) groups is 1. The zero-order valence-electron chi connectivity index (χ0n) is 8.35. The molecule has 0 aromatic rings. The fraction of sp³-hybridized carbons (Fsp3) is 0.727. The van der Waals surface area contributed by atoms with E-state index < -0.39 is 5.91 Å². The lowest BCUT2D eigenvalue weighted by atomic mass is 10.1. The van der Waals surface area contributed by atoms with Crippen molar-refractivity contribution in [1.82, 2.24) is 5.73 Å². The van der Waals surface area contributed by atoms with E-state index in [4.69, 9.17) is 5.73 Å². The van der Waals surface area contributed by atoms with E-state index in [1.807, 2.05) is 6.08 Å². The molecule has 2 nitrogen and oxygen atoms in total. The summed E-state index contributed by atoms with van der Waals surface area (Å²) in [4.78, 5) is 10.3. The van der Waals surface area contributed by atoms with Crippen molar-refractivity contribution in [1.29, 1.82) is 0 Å². The van der Waals surface area contributed by atoms with Crippen molar-refractivity contribution >= 4 is 5.91 Å². The van der Waals surface area contributed by atoms with Crippen LogP contribution in [0.3, 0.4) is 0 Å². The van der Waals surface area contributed by atoms with Crippen molar-refractivity contribution in [2.75, 3.05) is 0 Å². The van der Waals surface area contributed by atoms with Gasteiger partial charge in [-0.15, -0.1) is 6.58 Å². The second-order valence-corrected chi connectivity index (χ2v) is 3.37. The van der Waals surface area contributed by atoms with Gasteiger partial charge in [-0.2, -0.15) is 0 Å². The van der Waals surface area contributed by atoms with Crippen LogP contribution in [0.4, 0.5) is 0 Å². The van der Waals surface area contributed by atoms with E-state index in [-0.39, 0.29) is 0 Å². The van der Waals surface area contributed by atoms with Crippen LogP contribution in [0.15, 0.2) is 12.7 Å². The highest BCUT2D eigenvalue weighted by Gasteiger charge is 1.94. The highest BCUT2D eigenvalue weighted by atomic mass is 16.1. The maximum atomic E-state index is 10.3. The first-order chi connectivity index (χ1) is 6.27. The van der Waals surface area contributed by atoms with Gasteiger partial charge in [0, 0.05) is 6.42 Å². The van der Waals surface area contributed by atoms with Gasteiger partial charge in [0.1, 0.15) is 0 Å². The summed E-state index contributed by atoms with van der Waals surface area (Å²) < 4.78 is 0. The van der Waals surface area contributed by atoms with Crippen LogP contribution in [0.1, 0.15) is 51.4 Å². The molecule has 0 aliphatic rings. The number of unbranched alkanes of at least 4 members (excludes halogenated alkanes) is 6. The normalized spacial score (nSPS) is 9.85. The van der Waals surface area contributed by atoms with Gasteiger partial charge in [-0.05, 0) is 19.3 Å². The Labute approximate surface area is 81.2 Å². The second-order valence-electron chi connectivity index (χ2n) is 3.37. The number of hydrogen-bond donors (Lipinski definition) is 0. The highest BCUT2D eigenvalue weighted by Crippen LogP contribution is 2.08. The Morgan fingerprint density at radius 1 is 1.08 bits per heavy atom. The molecule has 0 aromatic carbocycles. The molecule has 1 amide bonds. The van der Waals surface area contributed by atoms with E-state index in [9.17, 15) is 4.79 Å². The molecule has 0 bridgehead atoms. The maximum absolute atomic E-state index is 10.3. The third-order valence-corrected chi connectivity index (χ3v) is 2.06. The molecule has 0 unspecified atom stereocenters. The molecule has 1 radical (unpaired) electrons. The van der Waals surface area contributed by atoms with Crippen molar-refractivity contribution in [2.24, 2.45) is 0 Å². The number of allylic oxidation sites excluding steroid dienone is 1. The molecule has 75 valence electrons. The third-order valence-electron chi connectivity index (χ3n) is 2.06. The Balaban J connectivity index is 2.91. The van der Waals surface area contributed by atoms with Gasteiger partial charge in [0.05, 0.1) is 0 Å². The topological polar surface area (TPSA) is 40.9 Å². The first-order valence-electron chi connectivity index (χ1n) is 5.12. The molecule has 0 aromatic heterocycles. The van der Waals surface area contributed by atoms with Crippen molar-refractivity contribution < 1.29 is 4.79 Å². The Hall–Kier alpha value is -0.790. The Kier molecular flexibility index (Phi) is 8.73. The average molecular weight is 182 g/mol. The fourth-order valence-corrected chi connectivity index (χ4v) is 1.28. The summed E-state index contributed by atoms with van der Waals surface area (Å²) >= 11 is 0. The molecule has 13 heavy (non-hydrogen) atoms. The minimum Gasteiger partial charge on any atom is -0.273 e. The van der Waals surface area contributed by atoms with Gasteiger partial charge in [-0.25, -0.2) is 0 Å². The van der Waals surface area contributed by atoms with E-state index in [1.165, 1.54) is 25.7 Å². The second kappa shape index (κ2) is 9.30. The lowest BCUT2D eigenvalue weighted by molar-refractivity contribution is -0.118. The lowest BCUT2D eigenvalue weighted by Crippen LogP contribution is -1.96. The van der Waals surface area contributed by atoms with Gasteiger partial charge in [0.2, 0.25) is 5.91 Å². The number of carbonyl (C=O) groups excluding carboxylic acids is 1. The van der Waals surface area contributed by atoms with Crippen molar-refractivity contribution in [3.63, 3.8) is 0 Å². The van der Waals surface area contributed by atoms with E-state index >= 15 is 0 Å². The van der Waals surface area contributed by atoms with E-state index in [2.05, 4.69) is 6.58 Å². The number of hydrogen-bond acceptors (Lipinski definition) is 1. The van der Waals surface area contributed by atoms with Crippen LogP contribution in [-0.2, 0) is 4.79 Å². The molecular formula is C11H20NO. The molecule has 1 N–H and O–H groups in total. The van der Waals surface area contributed by atoms with Crippen LogP contribution >= 0.6 is 0 Å². The smallest absolute Gasteiger partial charge is 0.238 e. The Morgan fingerprint density at radius 2 is 1.62 bits per heavy atom. The summed E-state index contributed by atoms with van der Waals surface area (Å²) in [5.74, 6) is -0.424. The van der Waals surface area contributed by atoms with Gasteiger partial charge >= 0.3 is 0 Å². The van der Waals surface area contributed by atoms with Gasteiger partial charge in [0.25, 0.3) is 0 Å². The predicted molar refractivity (Wildman–Crippen MR) is 55.2 cm³/mol. The largest absolute Gasteiger partial charge is 0.273 e. The van der Waals surface area contributed by atoms with Crippen LogP contribution < -0.4 is 5.73 Å². The molecule has 0 fully saturated rings. The SMILES string of the molecule is C=CCCCCCCCCC([NH])=O. The molecule has 0 rings (SSSR count). The van der Waals surface area contributed by atoms with Crippen molar-refractivity contribution in [2.45, 2.75) is 51.4 Å². The molecule has 0 saturated heterocycles. The fourth-order valence-electron chi connectivity index (χ4n) is 1.28. The summed E-state index contributed by atoms with van der Waals surface area (Å²) in [6.45, 7) is 3.67. The quantitative estimate of drug-likeness (QED) is 0.399. The number of nitrogens with one attached hydrogen (secondary N) is 1. The average Bonchev–Trinajstić information content (AvgIpc) is 2.09. The molecule has 0 saturated carbocycles. The van der Waals surface area contributed by atoms with Crippen LogP contribution in [-0.4, -0.2) is 5.91 Å². The Morgan fingerprint density at radius 3 is 2.15 bits per heavy atom. The lowest BCUT2D eigenvalue weighted by Gasteiger charge is -1.98. The van der Waals surface area contributed by atoms with Gasteiger partial charge in [0.15, 0.2) is 0 Å². The van der Waals surface area contributed by atoms with Crippen LogP contribution in [0, 0.1) is 0 Å². The first kappa shape index (κ1) is 12.2. The molecule has 0 spiro atoms. The first-order valence-corrected chi connectivity index (χ1v) is 5.12. The van der Waals surface area contributed by atoms with Crippen LogP contribution in [0.2, 0.25) is 0 Å². The summed E-state index contributed by atoms with van der Waals surface area (Å²) in [7, 11) is 0. The summed E-state index contributed by atoms with van der Waals surface area (Å²) in [5.41, 5.74) is 6.70. The van der Waals surface area contributed by atoms with Crippen molar-refractivity contribution in [3.05, 3.63) is 12.7 Å². The Bertz CT molecular complexity index is 143. The zero-order valence-corrected chi connectivity index (χ0v) is 8.35. The molecule has 0 heterocycles. The highest BCUT2D eigenvalue weighted by molar-refractivity contribution is 5.72. The molecule has 0 atom stereocenters. The van der Waals surface area contributed by atoms with Crippen LogP contribution in [0.5, 0.6) is 0 Å². The van der Waals surface area contributed by atoms with Crippen molar-refractivity contribution in [3.8, 4) is 0 Å². The summed E-state index contributed by atoms with van der Waals surface area (Å²) in [5, 5.41) is 0. The predicted octanol–water partition coefficient (Wildman–Crippen LogP) is 3.10. The summed E-state index contributed by atoms with van der Waals surface area (Å²) in [6.07, 6.45) is 10.4. The standard InChI is InChI=1S/C11H20NO/c1-2-3-4-5-6-7-8-9-10-11(12)13/h2,12H,1,3-10H2. The minimum absolute atomic E-state index is 0.424. The third kappa shape index (κ3) is 11.2. The molecule has 0 aliphatic carbocycles. The molecule has 2 heteroatoms. The van der Waals surface area contributed by atoms with E-state index in [0.717, 1.165) is 19.3 Å². The minimum atomic E-state index is -0.424. The van der Waals surface area contributed by atoms with Gasteiger partial charge in [-0.1, -0.05) is 31.8 Å². The number of amides is 1. The van der Waals surface area contributed by atoms with E-state index in [0.29, 0.717) is 6.42 Å². The van der Waals surface area contributed by atoms with Gasteiger partial charge < -0.3 is 0 Å². The molecule has 0 aliphatic heterocycles. The monoisotopic (exact) mass is 182 g/mol. The summed E-state index contributed by atoms with van der Waals surface area (Å²) in [6, 6.07) is 0. The van der Waals surface area contributed by atoms with E-state index in [1.54, 1.807) is 0 Å². The molecular weight excluding hydrogens is 162 g/mol. The number of rotatable bonds is 9. The maximum Gasteiger partial charge on any atom is 0.238 e. The van der Waals surface area contributed by atoms with Crippen LogP contribution in [0.25, 0.3) is 0 Å².